The molecule has 0 bridgehead atoms. The third-order valence-corrected chi connectivity index (χ3v) is 1.55. The molecule has 0 aliphatic rings. The summed E-state index contributed by atoms with van der Waals surface area (Å²) in [6.07, 6.45) is 1.78. The number of rotatable bonds is 3. The van der Waals surface area contributed by atoms with Crippen molar-refractivity contribution in [2.24, 2.45) is 11.8 Å². The van der Waals surface area contributed by atoms with Crippen LogP contribution in [0, 0.1) is 11.8 Å². The van der Waals surface area contributed by atoms with Crippen LogP contribution in [-0.4, -0.2) is 5.78 Å². The molecule has 0 aromatic carbocycles. The number of hydrogen-bond donors (Lipinski definition) is 0. The Bertz CT molecular complexity index is 168. The number of carbonyl (C=O) groups is 1. The predicted octanol–water partition coefficient (Wildman–Crippen LogP) is 2.99. The minimum absolute atomic E-state index is 0.00231. The number of allylic oxidation sites excluding steroid dienone is 2. The Morgan fingerprint density at radius 3 is 2.00 bits per heavy atom. The van der Waals surface area contributed by atoms with Gasteiger partial charge in [0.1, 0.15) is 0 Å². The number of hydrogen-bond acceptors (Lipinski definition) is 1. The lowest BCUT2D eigenvalue weighted by Crippen LogP contribution is -2.07. The van der Waals surface area contributed by atoms with Crippen molar-refractivity contribution >= 4 is 17.4 Å². The van der Waals surface area contributed by atoms with Gasteiger partial charge in [0.25, 0.3) is 0 Å². The molecule has 0 amide bonds. The highest BCUT2D eigenvalue weighted by Crippen LogP contribution is 2.12. The summed E-state index contributed by atoms with van der Waals surface area (Å²) in [5.41, 5.74) is 0. The maximum absolute atomic E-state index is 11.2. The fourth-order valence-electron chi connectivity index (χ4n) is 0.651. The topological polar surface area (TPSA) is 17.1 Å². The Balaban J connectivity index is 4.24. The van der Waals surface area contributed by atoms with Crippen LogP contribution >= 0.6 is 11.6 Å². The van der Waals surface area contributed by atoms with Crippen LogP contribution in [0.2, 0.25) is 0 Å². The van der Waals surface area contributed by atoms with Gasteiger partial charge in [-0.05, 0) is 5.92 Å². The molecule has 0 radical (unpaired) electrons. The molecule has 2 heteroatoms. The molecule has 0 saturated heterocycles. The molecular formula is C9H15ClO. The smallest absolute Gasteiger partial charge is 0.176 e. The molecule has 1 nitrogen and oxygen atoms in total. The van der Waals surface area contributed by atoms with Gasteiger partial charge >= 0.3 is 0 Å². The average molecular weight is 175 g/mol. The molecule has 11 heavy (non-hydrogen) atoms. The van der Waals surface area contributed by atoms with E-state index in [9.17, 15) is 4.79 Å². The van der Waals surface area contributed by atoms with Gasteiger partial charge in [0.2, 0.25) is 0 Å². The molecule has 0 aliphatic carbocycles. The van der Waals surface area contributed by atoms with Crippen molar-refractivity contribution in [1.82, 2.24) is 0 Å². The Morgan fingerprint density at radius 2 is 1.73 bits per heavy atom. The van der Waals surface area contributed by atoms with Crippen molar-refractivity contribution < 1.29 is 4.79 Å². The fourth-order valence-corrected chi connectivity index (χ4v) is 1.12. The molecule has 0 rings (SSSR count). The standard InChI is InChI=1S/C9H15ClO/c1-6(2)5-8(10)9(11)7(3)4/h5-7H,1-4H3/b8-5-. The zero-order valence-electron chi connectivity index (χ0n) is 7.52. The zero-order chi connectivity index (χ0) is 9.02. The summed E-state index contributed by atoms with van der Waals surface area (Å²) in [4.78, 5) is 11.2. The van der Waals surface area contributed by atoms with E-state index in [-0.39, 0.29) is 11.7 Å². The third-order valence-electron chi connectivity index (χ3n) is 1.24. The maximum Gasteiger partial charge on any atom is 0.176 e. The summed E-state index contributed by atoms with van der Waals surface area (Å²) in [5, 5.41) is 0.370. The van der Waals surface area contributed by atoms with Crippen LogP contribution in [-0.2, 0) is 4.79 Å². The van der Waals surface area contributed by atoms with E-state index in [4.69, 9.17) is 11.6 Å². The molecule has 0 N–H and O–H groups in total. The summed E-state index contributed by atoms with van der Waals surface area (Å²) in [7, 11) is 0. The van der Waals surface area contributed by atoms with Crippen molar-refractivity contribution in [2.75, 3.05) is 0 Å². The largest absolute Gasteiger partial charge is 0.293 e. The van der Waals surface area contributed by atoms with Crippen LogP contribution in [0.15, 0.2) is 11.1 Å². The molecule has 0 aromatic heterocycles. The van der Waals surface area contributed by atoms with E-state index in [2.05, 4.69) is 0 Å². The van der Waals surface area contributed by atoms with Crippen molar-refractivity contribution in [1.29, 1.82) is 0 Å². The molecule has 0 spiro atoms. The predicted molar refractivity (Wildman–Crippen MR) is 48.6 cm³/mol. The van der Waals surface area contributed by atoms with Crippen LogP contribution < -0.4 is 0 Å². The van der Waals surface area contributed by atoms with Gasteiger partial charge in [0.15, 0.2) is 5.78 Å². The first-order valence-corrected chi connectivity index (χ1v) is 4.24. The van der Waals surface area contributed by atoms with Gasteiger partial charge in [-0.25, -0.2) is 0 Å². The minimum Gasteiger partial charge on any atom is -0.293 e. The minimum atomic E-state index is -0.00231. The quantitative estimate of drug-likeness (QED) is 0.602. The van der Waals surface area contributed by atoms with Gasteiger partial charge in [-0.2, -0.15) is 0 Å². The molecule has 0 saturated carbocycles. The van der Waals surface area contributed by atoms with Crippen LogP contribution in [0.1, 0.15) is 27.7 Å². The van der Waals surface area contributed by atoms with Gasteiger partial charge in [0.05, 0.1) is 5.03 Å². The number of Topliss-reactive ketones (excluding diaryl/α,β-unsaturated/α-hetero) is 1. The van der Waals surface area contributed by atoms with Crippen molar-refractivity contribution in [3.63, 3.8) is 0 Å². The van der Waals surface area contributed by atoms with Crippen LogP contribution in [0.25, 0.3) is 0 Å². The second-order valence-electron chi connectivity index (χ2n) is 3.28. The van der Waals surface area contributed by atoms with E-state index in [0.29, 0.717) is 11.0 Å². The Morgan fingerprint density at radius 1 is 1.27 bits per heavy atom. The summed E-state index contributed by atoms with van der Waals surface area (Å²) < 4.78 is 0. The third kappa shape index (κ3) is 4.20. The van der Waals surface area contributed by atoms with Gasteiger partial charge in [-0.1, -0.05) is 45.4 Å². The van der Waals surface area contributed by atoms with Crippen molar-refractivity contribution in [3.05, 3.63) is 11.1 Å². The fraction of sp³-hybridized carbons (Fsp3) is 0.667. The first kappa shape index (κ1) is 10.7. The van der Waals surface area contributed by atoms with Crippen LogP contribution in [0.3, 0.4) is 0 Å². The highest BCUT2D eigenvalue weighted by molar-refractivity contribution is 6.42. The molecule has 0 atom stereocenters. The van der Waals surface area contributed by atoms with Gasteiger partial charge in [-0.15, -0.1) is 0 Å². The summed E-state index contributed by atoms with van der Waals surface area (Å²) in [6.45, 7) is 7.68. The summed E-state index contributed by atoms with van der Waals surface area (Å²) >= 11 is 5.73. The van der Waals surface area contributed by atoms with E-state index in [0.717, 1.165) is 0 Å². The van der Waals surface area contributed by atoms with E-state index < -0.39 is 0 Å². The van der Waals surface area contributed by atoms with E-state index in [1.165, 1.54) is 0 Å². The normalized spacial score (nSPS) is 12.8. The molecular weight excluding hydrogens is 160 g/mol. The zero-order valence-corrected chi connectivity index (χ0v) is 8.27. The lowest BCUT2D eigenvalue weighted by atomic mass is 10.1. The van der Waals surface area contributed by atoms with Gasteiger partial charge in [0, 0.05) is 5.92 Å². The lowest BCUT2D eigenvalue weighted by Gasteiger charge is -2.02. The molecule has 0 heterocycles. The number of carbonyl (C=O) groups excluding carboxylic acids is 1. The Kier molecular flexibility index (Phi) is 4.43. The Hall–Kier alpha value is -0.300. The van der Waals surface area contributed by atoms with Crippen molar-refractivity contribution in [3.8, 4) is 0 Å². The Labute approximate surface area is 73.4 Å². The number of halogens is 1. The number of ketones is 1. The molecule has 0 aliphatic heterocycles. The second kappa shape index (κ2) is 4.55. The van der Waals surface area contributed by atoms with Crippen molar-refractivity contribution in [2.45, 2.75) is 27.7 Å². The highest BCUT2D eigenvalue weighted by Gasteiger charge is 2.10. The van der Waals surface area contributed by atoms with E-state index in [1.807, 2.05) is 27.7 Å². The van der Waals surface area contributed by atoms with Crippen LogP contribution in [0.4, 0.5) is 0 Å². The molecule has 0 aromatic rings. The lowest BCUT2D eigenvalue weighted by molar-refractivity contribution is -0.117. The summed E-state index contributed by atoms with van der Waals surface area (Å²) in [5.74, 6) is 0.364. The first-order valence-electron chi connectivity index (χ1n) is 3.86. The van der Waals surface area contributed by atoms with E-state index in [1.54, 1.807) is 6.08 Å². The maximum atomic E-state index is 11.2. The second-order valence-corrected chi connectivity index (χ2v) is 3.68. The molecule has 0 fully saturated rings. The summed E-state index contributed by atoms with van der Waals surface area (Å²) in [6, 6.07) is 0. The monoisotopic (exact) mass is 174 g/mol. The van der Waals surface area contributed by atoms with Gasteiger partial charge in [-0.3, -0.25) is 4.79 Å². The van der Waals surface area contributed by atoms with Gasteiger partial charge < -0.3 is 0 Å². The average Bonchev–Trinajstić information content (AvgIpc) is 1.84. The van der Waals surface area contributed by atoms with E-state index >= 15 is 0 Å². The highest BCUT2D eigenvalue weighted by atomic mass is 35.5. The van der Waals surface area contributed by atoms with Crippen LogP contribution in [0.5, 0.6) is 0 Å². The first-order chi connectivity index (χ1) is 4.95. The molecule has 0 unspecified atom stereocenters. The SMILES string of the molecule is CC(C)/C=C(\Cl)C(=O)C(C)C. The molecule has 64 valence electrons.